The highest BCUT2D eigenvalue weighted by molar-refractivity contribution is 5.85. The lowest BCUT2D eigenvalue weighted by atomic mass is 10.0. The first-order valence-corrected chi connectivity index (χ1v) is 5.34. The van der Waals surface area contributed by atoms with Gasteiger partial charge in [-0.25, -0.2) is 0 Å². The van der Waals surface area contributed by atoms with Crippen molar-refractivity contribution in [3.05, 3.63) is 0 Å². The Hall–Kier alpha value is -0.490. The molecular formula is C10H19ClF3NO2. The van der Waals surface area contributed by atoms with E-state index in [-0.39, 0.29) is 25.2 Å². The zero-order valence-electron chi connectivity index (χ0n) is 9.96. The molecule has 0 fully saturated rings. The van der Waals surface area contributed by atoms with Crippen LogP contribution in [-0.2, 0) is 4.79 Å². The van der Waals surface area contributed by atoms with Gasteiger partial charge in [0.15, 0.2) is 5.92 Å². The fourth-order valence-electron chi connectivity index (χ4n) is 1.49. The molecule has 0 radical (unpaired) electrons. The molecule has 104 valence electrons. The number of hydrogen-bond acceptors (Lipinski definition) is 2. The Morgan fingerprint density at radius 3 is 2.06 bits per heavy atom. The summed E-state index contributed by atoms with van der Waals surface area (Å²) in [6.07, 6.45) is -4.75. The van der Waals surface area contributed by atoms with Crippen LogP contribution in [0.3, 0.4) is 0 Å². The van der Waals surface area contributed by atoms with Crippen molar-refractivity contribution in [2.45, 2.75) is 32.9 Å². The molecule has 0 aromatic carbocycles. The van der Waals surface area contributed by atoms with Crippen molar-refractivity contribution in [2.24, 2.45) is 5.92 Å². The number of alkyl halides is 3. The topological polar surface area (TPSA) is 40.5 Å². The molecule has 0 bridgehead atoms. The number of aliphatic carboxylic acids is 1. The summed E-state index contributed by atoms with van der Waals surface area (Å²) in [6.45, 7) is 5.87. The van der Waals surface area contributed by atoms with E-state index in [1.165, 1.54) is 0 Å². The summed E-state index contributed by atoms with van der Waals surface area (Å²) >= 11 is 0. The molecule has 1 N–H and O–H groups in total. The fourth-order valence-corrected chi connectivity index (χ4v) is 1.49. The Morgan fingerprint density at radius 2 is 1.76 bits per heavy atom. The van der Waals surface area contributed by atoms with Crippen LogP contribution in [0.25, 0.3) is 0 Å². The summed E-state index contributed by atoms with van der Waals surface area (Å²) in [6, 6.07) is 0. The van der Waals surface area contributed by atoms with E-state index in [4.69, 9.17) is 5.11 Å². The van der Waals surface area contributed by atoms with Crippen molar-refractivity contribution in [1.82, 2.24) is 4.90 Å². The SMILES string of the molecule is CCN(CC)CCCC(C(=O)O)C(F)(F)F.Cl. The van der Waals surface area contributed by atoms with Crippen molar-refractivity contribution in [2.75, 3.05) is 19.6 Å². The van der Waals surface area contributed by atoms with E-state index < -0.39 is 18.1 Å². The van der Waals surface area contributed by atoms with Crippen molar-refractivity contribution in [3.8, 4) is 0 Å². The van der Waals surface area contributed by atoms with Gasteiger partial charge in [0, 0.05) is 0 Å². The number of hydrogen-bond donors (Lipinski definition) is 1. The van der Waals surface area contributed by atoms with Crippen LogP contribution in [0.5, 0.6) is 0 Å². The van der Waals surface area contributed by atoms with Gasteiger partial charge in [-0.15, -0.1) is 12.4 Å². The third-order valence-corrected chi connectivity index (χ3v) is 2.55. The molecule has 3 nitrogen and oxygen atoms in total. The van der Waals surface area contributed by atoms with Crippen molar-refractivity contribution >= 4 is 18.4 Å². The minimum atomic E-state index is -4.64. The molecule has 0 aliphatic heterocycles. The average molecular weight is 278 g/mol. The fraction of sp³-hybridized carbons (Fsp3) is 0.900. The highest BCUT2D eigenvalue weighted by Gasteiger charge is 2.44. The van der Waals surface area contributed by atoms with Gasteiger partial charge < -0.3 is 10.0 Å². The zero-order chi connectivity index (χ0) is 12.8. The first-order valence-electron chi connectivity index (χ1n) is 5.34. The molecule has 0 saturated carbocycles. The summed E-state index contributed by atoms with van der Waals surface area (Å²) in [5, 5.41) is 8.45. The van der Waals surface area contributed by atoms with Crippen LogP contribution in [0.1, 0.15) is 26.7 Å². The second-order valence-electron chi connectivity index (χ2n) is 3.60. The molecule has 0 rings (SSSR count). The van der Waals surface area contributed by atoms with Gasteiger partial charge in [0.2, 0.25) is 0 Å². The molecule has 0 aliphatic rings. The van der Waals surface area contributed by atoms with Gasteiger partial charge in [0.05, 0.1) is 0 Å². The highest BCUT2D eigenvalue weighted by Crippen LogP contribution is 2.29. The van der Waals surface area contributed by atoms with Crippen molar-refractivity contribution in [1.29, 1.82) is 0 Å². The summed E-state index contributed by atoms with van der Waals surface area (Å²) in [7, 11) is 0. The minimum absolute atomic E-state index is 0. The molecule has 0 aromatic heterocycles. The second-order valence-corrected chi connectivity index (χ2v) is 3.60. The first kappa shape index (κ1) is 18.9. The van der Waals surface area contributed by atoms with Gasteiger partial charge in [-0.05, 0) is 32.5 Å². The zero-order valence-corrected chi connectivity index (χ0v) is 10.8. The van der Waals surface area contributed by atoms with Crippen LogP contribution in [0.2, 0.25) is 0 Å². The largest absolute Gasteiger partial charge is 0.481 e. The van der Waals surface area contributed by atoms with Crippen LogP contribution >= 0.6 is 12.4 Å². The lowest BCUT2D eigenvalue weighted by molar-refractivity contribution is -0.194. The molecule has 0 aliphatic carbocycles. The molecule has 0 amide bonds. The van der Waals surface area contributed by atoms with E-state index in [0.717, 1.165) is 13.1 Å². The lowest BCUT2D eigenvalue weighted by Crippen LogP contribution is -2.32. The molecule has 0 heterocycles. The lowest BCUT2D eigenvalue weighted by Gasteiger charge is -2.20. The van der Waals surface area contributed by atoms with Gasteiger partial charge in [-0.1, -0.05) is 13.8 Å². The minimum Gasteiger partial charge on any atom is -0.481 e. The molecule has 0 spiro atoms. The predicted octanol–water partition coefficient (Wildman–Crippen LogP) is 2.79. The third-order valence-electron chi connectivity index (χ3n) is 2.55. The Kier molecular flexibility index (Phi) is 9.52. The van der Waals surface area contributed by atoms with Gasteiger partial charge in [0.1, 0.15) is 0 Å². The van der Waals surface area contributed by atoms with E-state index in [9.17, 15) is 18.0 Å². The highest BCUT2D eigenvalue weighted by atomic mass is 35.5. The predicted molar refractivity (Wildman–Crippen MR) is 61.5 cm³/mol. The number of carboxylic acids is 1. The standard InChI is InChI=1S/C10H18F3NO2.ClH/c1-3-14(4-2)7-5-6-8(9(15)16)10(11,12)13;/h8H,3-7H2,1-2H3,(H,15,16);1H. The molecule has 7 heteroatoms. The van der Waals surface area contributed by atoms with Crippen LogP contribution in [0.4, 0.5) is 13.2 Å². The quantitative estimate of drug-likeness (QED) is 0.778. The molecule has 0 saturated heterocycles. The maximum atomic E-state index is 12.3. The number of carbonyl (C=O) groups is 1. The Balaban J connectivity index is 0. The maximum Gasteiger partial charge on any atom is 0.402 e. The van der Waals surface area contributed by atoms with E-state index in [1.54, 1.807) is 0 Å². The van der Waals surface area contributed by atoms with Crippen LogP contribution in [0, 0.1) is 5.92 Å². The van der Waals surface area contributed by atoms with E-state index in [1.807, 2.05) is 18.7 Å². The smallest absolute Gasteiger partial charge is 0.402 e. The summed E-state index contributed by atoms with van der Waals surface area (Å²) in [4.78, 5) is 12.4. The average Bonchev–Trinajstić information content (AvgIpc) is 2.15. The van der Waals surface area contributed by atoms with Crippen molar-refractivity contribution < 1.29 is 23.1 Å². The molecule has 17 heavy (non-hydrogen) atoms. The summed E-state index contributed by atoms with van der Waals surface area (Å²) < 4.78 is 36.8. The van der Waals surface area contributed by atoms with Gasteiger partial charge in [0.25, 0.3) is 0 Å². The first-order chi connectivity index (χ1) is 7.32. The summed E-state index contributed by atoms with van der Waals surface area (Å²) in [5.74, 6) is -4.02. The third kappa shape index (κ3) is 7.44. The Bertz CT molecular complexity index is 220. The van der Waals surface area contributed by atoms with Gasteiger partial charge in [-0.3, -0.25) is 4.79 Å². The molecule has 1 unspecified atom stereocenters. The monoisotopic (exact) mass is 277 g/mol. The number of carboxylic acid groups (broad SMARTS) is 1. The van der Waals surface area contributed by atoms with E-state index in [0.29, 0.717) is 6.54 Å². The number of rotatable bonds is 7. The maximum absolute atomic E-state index is 12.3. The van der Waals surface area contributed by atoms with Gasteiger partial charge in [-0.2, -0.15) is 13.2 Å². The van der Waals surface area contributed by atoms with Crippen LogP contribution < -0.4 is 0 Å². The molecule has 0 aromatic rings. The summed E-state index contributed by atoms with van der Waals surface area (Å²) in [5.41, 5.74) is 0. The van der Waals surface area contributed by atoms with E-state index >= 15 is 0 Å². The van der Waals surface area contributed by atoms with Crippen molar-refractivity contribution in [3.63, 3.8) is 0 Å². The second kappa shape index (κ2) is 8.58. The van der Waals surface area contributed by atoms with E-state index in [2.05, 4.69) is 0 Å². The number of halogens is 4. The molecule has 1 atom stereocenters. The normalized spacial score (nSPS) is 13.3. The van der Waals surface area contributed by atoms with Crippen LogP contribution in [-0.4, -0.2) is 41.8 Å². The Morgan fingerprint density at radius 1 is 1.29 bits per heavy atom. The van der Waals surface area contributed by atoms with Gasteiger partial charge >= 0.3 is 12.1 Å². The number of nitrogens with zero attached hydrogens (tertiary/aromatic N) is 1. The molecular weight excluding hydrogens is 259 g/mol. The van der Waals surface area contributed by atoms with Crippen LogP contribution in [0.15, 0.2) is 0 Å². The Labute approximate surface area is 105 Å².